The second kappa shape index (κ2) is 6.35. The fourth-order valence-corrected chi connectivity index (χ4v) is 5.11. The molecule has 3 unspecified atom stereocenters. The van der Waals surface area contributed by atoms with Crippen LogP contribution in [-0.4, -0.2) is 36.8 Å². The summed E-state index contributed by atoms with van der Waals surface area (Å²) in [4.78, 5) is 10.4. The number of fused-ring (bicyclic) bond motifs is 1. The summed E-state index contributed by atoms with van der Waals surface area (Å²) >= 11 is 0. The van der Waals surface area contributed by atoms with Crippen LogP contribution < -0.4 is 5.73 Å². The van der Waals surface area contributed by atoms with Crippen molar-refractivity contribution in [2.45, 2.75) is 30.7 Å². The molecule has 128 valence electrons. The maximum Gasteiger partial charge on any atom is 0.273 e. The number of rotatable bonds is 3. The van der Waals surface area contributed by atoms with Crippen molar-refractivity contribution in [2.75, 3.05) is 13.1 Å². The van der Waals surface area contributed by atoms with Crippen LogP contribution in [0.2, 0.25) is 0 Å². The first-order chi connectivity index (χ1) is 10.3. The molecule has 23 heavy (non-hydrogen) atoms. The second-order valence-corrected chi connectivity index (χ2v) is 8.13. The molecule has 0 spiro atoms. The molecule has 0 aromatic heterocycles. The SMILES string of the molecule is Cc1ccc(S(=O)(=O)N2CC3CCC(N)C3C2)cc1[N+](=O)[O-].Cl. The highest BCUT2D eigenvalue weighted by Gasteiger charge is 2.45. The van der Waals surface area contributed by atoms with Gasteiger partial charge in [-0.15, -0.1) is 12.4 Å². The van der Waals surface area contributed by atoms with Crippen LogP contribution >= 0.6 is 12.4 Å². The number of benzene rings is 1. The second-order valence-electron chi connectivity index (χ2n) is 6.19. The molecule has 2 N–H and O–H groups in total. The normalized spacial score (nSPS) is 27.5. The van der Waals surface area contributed by atoms with Crippen LogP contribution in [0.5, 0.6) is 0 Å². The molecule has 1 saturated heterocycles. The van der Waals surface area contributed by atoms with Crippen LogP contribution in [0, 0.1) is 28.9 Å². The molecule has 3 rings (SSSR count). The molecule has 1 aliphatic heterocycles. The van der Waals surface area contributed by atoms with E-state index in [1.807, 2.05) is 0 Å². The van der Waals surface area contributed by atoms with Crippen molar-refractivity contribution in [3.63, 3.8) is 0 Å². The molecular formula is C14H20ClN3O4S. The maximum atomic E-state index is 12.7. The van der Waals surface area contributed by atoms with E-state index in [1.54, 1.807) is 6.92 Å². The Kier molecular flexibility index (Phi) is 5.00. The van der Waals surface area contributed by atoms with E-state index in [2.05, 4.69) is 0 Å². The lowest BCUT2D eigenvalue weighted by Crippen LogP contribution is -2.33. The molecule has 1 aromatic rings. The van der Waals surface area contributed by atoms with Crippen LogP contribution in [0.15, 0.2) is 23.1 Å². The van der Waals surface area contributed by atoms with E-state index >= 15 is 0 Å². The topological polar surface area (TPSA) is 107 Å². The lowest BCUT2D eigenvalue weighted by molar-refractivity contribution is -0.385. The van der Waals surface area contributed by atoms with Crippen LogP contribution in [0.4, 0.5) is 5.69 Å². The Balaban J connectivity index is 0.00000192. The number of nitrogens with zero attached hydrogens (tertiary/aromatic N) is 2. The van der Waals surface area contributed by atoms with Crippen LogP contribution in [-0.2, 0) is 10.0 Å². The molecule has 2 fully saturated rings. The molecule has 0 amide bonds. The van der Waals surface area contributed by atoms with Gasteiger partial charge in [-0.2, -0.15) is 4.31 Å². The van der Waals surface area contributed by atoms with Crippen molar-refractivity contribution in [1.29, 1.82) is 0 Å². The largest absolute Gasteiger partial charge is 0.327 e. The van der Waals surface area contributed by atoms with Gasteiger partial charge in [0.15, 0.2) is 0 Å². The lowest BCUT2D eigenvalue weighted by atomic mass is 9.98. The third-order valence-electron chi connectivity index (χ3n) is 4.89. The third kappa shape index (κ3) is 3.08. The molecule has 1 heterocycles. The van der Waals surface area contributed by atoms with Gasteiger partial charge in [0.2, 0.25) is 10.0 Å². The summed E-state index contributed by atoms with van der Waals surface area (Å²) in [7, 11) is -3.70. The van der Waals surface area contributed by atoms with Crippen molar-refractivity contribution in [1.82, 2.24) is 4.31 Å². The van der Waals surface area contributed by atoms with Crippen molar-refractivity contribution < 1.29 is 13.3 Å². The summed E-state index contributed by atoms with van der Waals surface area (Å²) in [6.45, 7) is 2.46. The highest BCUT2D eigenvalue weighted by Crippen LogP contribution is 2.39. The Bertz CT molecular complexity index is 725. The number of nitrogens with two attached hydrogens (primary N) is 1. The first-order valence-corrected chi connectivity index (χ1v) is 8.75. The molecular weight excluding hydrogens is 342 g/mol. The average Bonchev–Trinajstić information content (AvgIpc) is 3.02. The predicted molar refractivity (Wildman–Crippen MR) is 88.0 cm³/mol. The van der Waals surface area contributed by atoms with E-state index in [0.717, 1.165) is 18.9 Å². The van der Waals surface area contributed by atoms with Crippen LogP contribution in [0.3, 0.4) is 0 Å². The third-order valence-corrected chi connectivity index (χ3v) is 6.72. The summed E-state index contributed by atoms with van der Waals surface area (Å²) in [6, 6.07) is 4.12. The van der Waals surface area contributed by atoms with Gasteiger partial charge < -0.3 is 5.73 Å². The molecule has 2 aliphatic rings. The van der Waals surface area contributed by atoms with Gasteiger partial charge >= 0.3 is 0 Å². The molecule has 9 heteroatoms. The van der Waals surface area contributed by atoms with E-state index in [-0.39, 0.29) is 34.9 Å². The number of sulfonamides is 1. The van der Waals surface area contributed by atoms with Gasteiger partial charge in [0.1, 0.15) is 0 Å². The first kappa shape index (κ1) is 18.1. The Morgan fingerprint density at radius 2 is 2.00 bits per heavy atom. The van der Waals surface area contributed by atoms with Crippen molar-refractivity contribution >= 4 is 28.1 Å². The van der Waals surface area contributed by atoms with E-state index in [0.29, 0.717) is 24.6 Å². The zero-order valence-electron chi connectivity index (χ0n) is 12.7. The van der Waals surface area contributed by atoms with E-state index in [4.69, 9.17) is 5.73 Å². The molecule has 3 atom stereocenters. The fraction of sp³-hybridized carbons (Fsp3) is 0.571. The van der Waals surface area contributed by atoms with Gasteiger partial charge in [-0.05, 0) is 37.7 Å². The fourth-order valence-electron chi connectivity index (χ4n) is 3.56. The zero-order valence-corrected chi connectivity index (χ0v) is 14.3. The summed E-state index contributed by atoms with van der Waals surface area (Å²) in [6.07, 6.45) is 1.89. The van der Waals surface area contributed by atoms with Crippen molar-refractivity contribution in [3.8, 4) is 0 Å². The van der Waals surface area contributed by atoms with Gasteiger partial charge in [-0.1, -0.05) is 6.07 Å². The first-order valence-electron chi connectivity index (χ1n) is 7.31. The van der Waals surface area contributed by atoms with Crippen LogP contribution in [0.25, 0.3) is 0 Å². The van der Waals surface area contributed by atoms with Crippen LogP contribution in [0.1, 0.15) is 18.4 Å². The number of aryl methyl sites for hydroxylation is 1. The van der Waals surface area contributed by atoms with Gasteiger partial charge in [0.25, 0.3) is 5.69 Å². The highest BCUT2D eigenvalue weighted by molar-refractivity contribution is 7.89. The highest BCUT2D eigenvalue weighted by atomic mass is 35.5. The minimum Gasteiger partial charge on any atom is -0.327 e. The summed E-state index contributed by atoms with van der Waals surface area (Å²) in [5.41, 5.74) is 6.32. The number of nitro groups is 1. The number of halogens is 1. The van der Waals surface area contributed by atoms with E-state index in [9.17, 15) is 18.5 Å². The monoisotopic (exact) mass is 361 g/mol. The maximum absolute atomic E-state index is 12.7. The van der Waals surface area contributed by atoms with Crippen molar-refractivity contribution in [3.05, 3.63) is 33.9 Å². The smallest absolute Gasteiger partial charge is 0.273 e. The van der Waals surface area contributed by atoms with E-state index < -0.39 is 14.9 Å². The zero-order chi connectivity index (χ0) is 16.1. The number of hydrogen-bond acceptors (Lipinski definition) is 5. The Labute approximate surface area is 141 Å². The molecule has 1 aliphatic carbocycles. The minimum atomic E-state index is -3.70. The summed E-state index contributed by atoms with van der Waals surface area (Å²) in [5.74, 6) is 0.514. The molecule has 0 bridgehead atoms. The lowest BCUT2D eigenvalue weighted by Gasteiger charge is -2.18. The Hall–Kier alpha value is -1.22. The average molecular weight is 362 g/mol. The quantitative estimate of drug-likeness (QED) is 0.651. The molecule has 7 nitrogen and oxygen atoms in total. The molecule has 1 aromatic carbocycles. The number of nitro benzene ring substituents is 1. The minimum absolute atomic E-state index is 0. The van der Waals surface area contributed by atoms with Gasteiger partial charge in [-0.3, -0.25) is 10.1 Å². The summed E-state index contributed by atoms with van der Waals surface area (Å²) in [5, 5.41) is 11.0. The summed E-state index contributed by atoms with van der Waals surface area (Å²) < 4.78 is 26.9. The Morgan fingerprint density at radius 1 is 1.30 bits per heavy atom. The standard InChI is InChI=1S/C14H19N3O4S.ClH/c1-9-2-4-11(6-14(9)17(18)19)22(20,21)16-7-10-3-5-13(15)12(10)8-16;/h2,4,6,10,12-13H,3,5,7-8,15H2,1H3;1H. The van der Waals surface area contributed by atoms with E-state index in [1.165, 1.54) is 16.4 Å². The van der Waals surface area contributed by atoms with Crippen molar-refractivity contribution in [2.24, 2.45) is 17.6 Å². The van der Waals surface area contributed by atoms with Gasteiger partial charge in [-0.25, -0.2) is 8.42 Å². The molecule has 1 saturated carbocycles. The van der Waals surface area contributed by atoms with Gasteiger partial charge in [0, 0.05) is 30.8 Å². The molecule has 0 radical (unpaired) electrons. The Morgan fingerprint density at radius 3 is 2.61 bits per heavy atom. The van der Waals surface area contributed by atoms with Gasteiger partial charge in [0.05, 0.1) is 9.82 Å². The predicted octanol–water partition coefficient (Wildman–Crippen LogP) is 1.68. The number of hydrogen-bond donors (Lipinski definition) is 1.